The van der Waals surface area contributed by atoms with Gasteiger partial charge in [0.15, 0.2) is 0 Å². The summed E-state index contributed by atoms with van der Waals surface area (Å²) >= 11 is 0. The summed E-state index contributed by atoms with van der Waals surface area (Å²) in [6.45, 7) is 5.03. The Hall–Kier alpha value is -3.00. The highest BCUT2D eigenvalue weighted by Gasteiger charge is 2.31. The Balaban J connectivity index is 1.72. The minimum Gasteiger partial charge on any atom is -0.338 e. The van der Waals surface area contributed by atoms with E-state index in [1.165, 1.54) is 0 Å². The summed E-state index contributed by atoms with van der Waals surface area (Å²) in [6.07, 6.45) is 3.45. The number of piperazine rings is 1. The van der Waals surface area contributed by atoms with E-state index < -0.39 is 12.1 Å². The van der Waals surface area contributed by atoms with E-state index >= 15 is 0 Å². The van der Waals surface area contributed by atoms with Crippen LogP contribution in [0, 0.1) is 0 Å². The third kappa shape index (κ3) is 4.79. The Bertz CT molecular complexity index is 747. The summed E-state index contributed by atoms with van der Waals surface area (Å²) in [7, 11) is 0. The van der Waals surface area contributed by atoms with Gasteiger partial charge in [-0.1, -0.05) is 30.3 Å². The predicted molar refractivity (Wildman–Crippen MR) is 102 cm³/mol. The third-order valence-electron chi connectivity index (χ3n) is 4.45. The van der Waals surface area contributed by atoms with Gasteiger partial charge in [0.2, 0.25) is 11.9 Å². The number of aromatic nitrogens is 2. The second-order valence-corrected chi connectivity index (χ2v) is 6.23. The first kappa shape index (κ1) is 18.8. The molecule has 1 fully saturated rings. The summed E-state index contributed by atoms with van der Waals surface area (Å²) < 4.78 is 0. The average Bonchev–Trinajstić information content (AvgIpc) is 2.70. The zero-order valence-corrected chi connectivity index (χ0v) is 15.3. The van der Waals surface area contributed by atoms with Crippen LogP contribution in [0.25, 0.3) is 0 Å². The summed E-state index contributed by atoms with van der Waals surface area (Å²) in [4.78, 5) is 37.4. The van der Waals surface area contributed by atoms with Gasteiger partial charge < -0.3 is 10.2 Å². The SMILES string of the molecule is CCNC(=O)NC(=O)[C@H](c1ccccc1)N1CCN(c2ncccn2)CC1. The number of hydrogen-bond acceptors (Lipinski definition) is 6. The lowest BCUT2D eigenvalue weighted by molar-refractivity contribution is -0.125. The van der Waals surface area contributed by atoms with Crippen molar-refractivity contribution >= 4 is 17.9 Å². The molecule has 0 unspecified atom stereocenters. The van der Waals surface area contributed by atoms with Crippen LogP contribution in [0.1, 0.15) is 18.5 Å². The molecule has 27 heavy (non-hydrogen) atoms. The van der Waals surface area contributed by atoms with E-state index in [-0.39, 0.29) is 5.91 Å². The second kappa shape index (κ2) is 9.09. The number of carbonyl (C=O) groups excluding carboxylic acids is 2. The number of nitrogens with one attached hydrogen (secondary N) is 2. The molecular formula is C19H24N6O2. The first-order valence-corrected chi connectivity index (χ1v) is 9.08. The molecule has 0 bridgehead atoms. The summed E-state index contributed by atoms with van der Waals surface area (Å²) in [6, 6.07) is 10.3. The monoisotopic (exact) mass is 368 g/mol. The van der Waals surface area contributed by atoms with Crippen LogP contribution < -0.4 is 15.5 Å². The lowest BCUT2D eigenvalue weighted by Gasteiger charge is -2.38. The van der Waals surface area contributed by atoms with E-state index in [1.54, 1.807) is 18.5 Å². The van der Waals surface area contributed by atoms with Gasteiger partial charge >= 0.3 is 6.03 Å². The van der Waals surface area contributed by atoms with Gasteiger partial charge in [-0.25, -0.2) is 14.8 Å². The molecule has 3 rings (SSSR count). The van der Waals surface area contributed by atoms with E-state index in [0.717, 1.165) is 5.56 Å². The number of anilines is 1. The molecule has 1 saturated heterocycles. The number of hydrogen-bond donors (Lipinski definition) is 2. The number of rotatable bonds is 5. The van der Waals surface area contributed by atoms with Gasteiger partial charge in [-0.2, -0.15) is 0 Å². The number of benzene rings is 1. The van der Waals surface area contributed by atoms with Crippen LogP contribution in [0.2, 0.25) is 0 Å². The van der Waals surface area contributed by atoms with Crippen LogP contribution in [-0.4, -0.2) is 59.5 Å². The molecule has 2 N–H and O–H groups in total. The number of urea groups is 1. The van der Waals surface area contributed by atoms with Crippen molar-refractivity contribution < 1.29 is 9.59 Å². The van der Waals surface area contributed by atoms with E-state index in [4.69, 9.17) is 0 Å². The lowest BCUT2D eigenvalue weighted by Crippen LogP contribution is -2.53. The smallest absolute Gasteiger partial charge is 0.321 e. The normalized spacial score (nSPS) is 15.8. The maximum Gasteiger partial charge on any atom is 0.321 e. The molecule has 2 aromatic rings. The van der Waals surface area contributed by atoms with E-state index in [0.29, 0.717) is 38.7 Å². The second-order valence-electron chi connectivity index (χ2n) is 6.23. The number of imide groups is 1. The van der Waals surface area contributed by atoms with Gasteiger partial charge in [0.05, 0.1) is 0 Å². The van der Waals surface area contributed by atoms with Crippen LogP contribution in [0.15, 0.2) is 48.8 Å². The molecule has 1 atom stereocenters. The standard InChI is InChI=1S/C19H24N6O2/c1-2-20-19(27)23-17(26)16(15-7-4-3-5-8-15)24-11-13-25(14-12-24)18-21-9-6-10-22-18/h3-10,16H,2,11-14H2,1H3,(H2,20,23,26,27)/t16-/m0/s1. The molecule has 3 amide bonds. The van der Waals surface area contributed by atoms with Crippen molar-refractivity contribution in [2.24, 2.45) is 0 Å². The van der Waals surface area contributed by atoms with Crippen molar-refractivity contribution in [2.75, 3.05) is 37.6 Å². The molecule has 8 heteroatoms. The molecule has 0 saturated carbocycles. The summed E-state index contributed by atoms with van der Waals surface area (Å²) in [5.41, 5.74) is 0.865. The first-order chi connectivity index (χ1) is 13.2. The molecule has 1 aliphatic heterocycles. The maximum atomic E-state index is 12.8. The highest BCUT2D eigenvalue weighted by molar-refractivity contribution is 5.97. The molecular weight excluding hydrogens is 344 g/mol. The van der Waals surface area contributed by atoms with Crippen LogP contribution in [0.5, 0.6) is 0 Å². The molecule has 1 aliphatic rings. The molecule has 142 valence electrons. The molecule has 0 spiro atoms. The third-order valence-corrected chi connectivity index (χ3v) is 4.45. The molecule has 1 aromatic heterocycles. The molecule has 0 radical (unpaired) electrons. The zero-order chi connectivity index (χ0) is 19.1. The average molecular weight is 368 g/mol. The van der Waals surface area contributed by atoms with E-state index in [1.807, 2.05) is 37.3 Å². The Kier molecular flexibility index (Phi) is 6.32. The Morgan fingerprint density at radius 1 is 1.04 bits per heavy atom. The Morgan fingerprint density at radius 3 is 2.33 bits per heavy atom. The topological polar surface area (TPSA) is 90.5 Å². The lowest BCUT2D eigenvalue weighted by atomic mass is 10.0. The van der Waals surface area contributed by atoms with Gasteiger partial charge in [-0.05, 0) is 18.6 Å². The Labute approximate surface area is 158 Å². The maximum absolute atomic E-state index is 12.8. The molecule has 2 heterocycles. The molecule has 1 aromatic carbocycles. The highest BCUT2D eigenvalue weighted by Crippen LogP contribution is 2.23. The fourth-order valence-electron chi connectivity index (χ4n) is 3.18. The van der Waals surface area contributed by atoms with Crippen molar-refractivity contribution in [1.82, 2.24) is 25.5 Å². The minimum atomic E-state index is -0.521. The van der Waals surface area contributed by atoms with Gasteiger partial charge in [0.25, 0.3) is 0 Å². The number of amides is 3. The van der Waals surface area contributed by atoms with Crippen LogP contribution in [-0.2, 0) is 4.79 Å². The van der Waals surface area contributed by atoms with Gasteiger partial charge in [0.1, 0.15) is 6.04 Å². The summed E-state index contributed by atoms with van der Waals surface area (Å²) in [5, 5.41) is 5.05. The van der Waals surface area contributed by atoms with E-state index in [2.05, 4.69) is 30.4 Å². The van der Waals surface area contributed by atoms with Crippen molar-refractivity contribution in [3.05, 3.63) is 54.4 Å². The van der Waals surface area contributed by atoms with Crippen LogP contribution in [0.4, 0.5) is 10.7 Å². The van der Waals surface area contributed by atoms with Crippen molar-refractivity contribution in [3.8, 4) is 0 Å². The van der Waals surface area contributed by atoms with Crippen LogP contribution >= 0.6 is 0 Å². The minimum absolute atomic E-state index is 0.323. The Morgan fingerprint density at radius 2 is 1.70 bits per heavy atom. The molecule has 0 aliphatic carbocycles. The fraction of sp³-hybridized carbons (Fsp3) is 0.368. The van der Waals surface area contributed by atoms with Gasteiger partial charge in [0, 0.05) is 45.1 Å². The van der Waals surface area contributed by atoms with Gasteiger partial charge in [-0.15, -0.1) is 0 Å². The van der Waals surface area contributed by atoms with E-state index in [9.17, 15) is 9.59 Å². The fourth-order valence-corrected chi connectivity index (χ4v) is 3.18. The zero-order valence-electron chi connectivity index (χ0n) is 15.3. The van der Waals surface area contributed by atoms with Gasteiger partial charge in [-0.3, -0.25) is 15.0 Å². The number of nitrogens with zero attached hydrogens (tertiary/aromatic N) is 4. The molecule has 8 nitrogen and oxygen atoms in total. The summed E-state index contributed by atoms with van der Waals surface area (Å²) in [5.74, 6) is 0.372. The van der Waals surface area contributed by atoms with Crippen molar-refractivity contribution in [1.29, 1.82) is 0 Å². The van der Waals surface area contributed by atoms with Crippen molar-refractivity contribution in [3.63, 3.8) is 0 Å². The largest absolute Gasteiger partial charge is 0.338 e. The quantitative estimate of drug-likeness (QED) is 0.824. The van der Waals surface area contributed by atoms with Crippen molar-refractivity contribution in [2.45, 2.75) is 13.0 Å². The van der Waals surface area contributed by atoms with Crippen LogP contribution in [0.3, 0.4) is 0 Å². The first-order valence-electron chi connectivity index (χ1n) is 9.08. The number of carbonyl (C=O) groups is 2. The highest BCUT2D eigenvalue weighted by atomic mass is 16.2. The predicted octanol–water partition coefficient (Wildman–Crippen LogP) is 1.19.